The Bertz CT molecular complexity index is 711. The zero-order valence-corrected chi connectivity index (χ0v) is 12.7. The second-order valence-electron chi connectivity index (χ2n) is 4.64. The predicted molar refractivity (Wildman–Crippen MR) is 79.9 cm³/mol. The van der Waals surface area contributed by atoms with Gasteiger partial charge in [-0.2, -0.15) is 0 Å². The average Bonchev–Trinajstić information content (AvgIpc) is 2.45. The molecular weight excluding hydrogens is 286 g/mol. The number of hydrogen-bond acceptors (Lipinski definition) is 6. The molecule has 0 fully saturated rings. The highest BCUT2D eigenvalue weighted by Crippen LogP contribution is 2.25. The van der Waals surface area contributed by atoms with Crippen molar-refractivity contribution in [2.75, 3.05) is 13.2 Å². The first-order chi connectivity index (χ1) is 10.5. The van der Waals surface area contributed by atoms with Crippen LogP contribution in [0.5, 0.6) is 11.6 Å². The molecule has 1 aromatic heterocycles. The molecular formula is C16H17NO5. The highest BCUT2D eigenvalue weighted by atomic mass is 16.6. The van der Waals surface area contributed by atoms with E-state index in [2.05, 4.69) is 4.98 Å². The molecule has 0 unspecified atom stereocenters. The lowest BCUT2D eigenvalue weighted by Crippen LogP contribution is -2.15. The van der Waals surface area contributed by atoms with Crippen LogP contribution in [0.3, 0.4) is 0 Å². The Hall–Kier alpha value is -2.63. The van der Waals surface area contributed by atoms with E-state index in [1.54, 1.807) is 31.2 Å². The number of nitrogens with zero attached hydrogens (tertiary/aromatic N) is 1. The number of hydrogen-bond donors (Lipinski definition) is 0. The number of esters is 2. The van der Waals surface area contributed by atoms with Crippen LogP contribution in [0.1, 0.15) is 19.4 Å². The molecule has 116 valence electrons. The Morgan fingerprint density at radius 2 is 2.00 bits per heavy atom. The SMILES string of the molecule is CCOC(=O)COc1cc(C)c2cc(OC(C)=O)ccc2n1. The van der Waals surface area contributed by atoms with Gasteiger partial charge in [0, 0.05) is 18.4 Å². The Morgan fingerprint density at radius 3 is 2.68 bits per heavy atom. The van der Waals surface area contributed by atoms with Gasteiger partial charge in [0.25, 0.3) is 0 Å². The second-order valence-corrected chi connectivity index (χ2v) is 4.64. The number of aryl methyl sites for hydroxylation is 1. The standard InChI is InChI=1S/C16H17NO5/c1-4-20-16(19)9-21-15-7-10(2)13-8-12(22-11(3)18)5-6-14(13)17-15/h5-8H,4,9H2,1-3H3. The van der Waals surface area contributed by atoms with Gasteiger partial charge in [-0.15, -0.1) is 0 Å². The average molecular weight is 303 g/mol. The minimum absolute atomic E-state index is 0.183. The molecule has 0 aliphatic carbocycles. The summed E-state index contributed by atoms with van der Waals surface area (Å²) >= 11 is 0. The van der Waals surface area contributed by atoms with Gasteiger partial charge < -0.3 is 14.2 Å². The summed E-state index contributed by atoms with van der Waals surface area (Å²) in [6.07, 6.45) is 0. The monoisotopic (exact) mass is 303 g/mol. The van der Waals surface area contributed by atoms with Gasteiger partial charge in [-0.1, -0.05) is 0 Å². The fourth-order valence-electron chi connectivity index (χ4n) is 1.98. The van der Waals surface area contributed by atoms with Crippen molar-refractivity contribution >= 4 is 22.8 Å². The highest BCUT2D eigenvalue weighted by Gasteiger charge is 2.09. The van der Waals surface area contributed by atoms with Gasteiger partial charge in [0.05, 0.1) is 12.1 Å². The van der Waals surface area contributed by atoms with Gasteiger partial charge in [-0.25, -0.2) is 9.78 Å². The summed E-state index contributed by atoms with van der Waals surface area (Å²) in [6.45, 7) is 5.10. The van der Waals surface area contributed by atoms with E-state index in [9.17, 15) is 9.59 Å². The van der Waals surface area contributed by atoms with Gasteiger partial charge in [0.2, 0.25) is 5.88 Å². The van der Waals surface area contributed by atoms with Crippen molar-refractivity contribution in [1.82, 2.24) is 4.98 Å². The minimum atomic E-state index is -0.438. The third kappa shape index (κ3) is 3.94. The third-order valence-electron chi connectivity index (χ3n) is 2.87. The molecule has 1 aromatic carbocycles. The molecule has 0 aliphatic heterocycles. The predicted octanol–water partition coefficient (Wildman–Crippen LogP) is 2.41. The largest absolute Gasteiger partial charge is 0.466 e. The molecule has 6 heteroatoms. The molecule has 2 rings (SSSR count). The van der Waals surface area contributed by atoms with Crippen molar-refractivity contribution in [2.45, 2.75) is 20.8 Å². The smallest absolute Gasteiger partial charge is 0.344 e. The van der Waals surface area contributed by atoms with Crippen LogP contribution in [0.4, 0.5) is 0 Å². The first kappa shape index (κ1) is 15.8. The van der Waals surface area contributed by atoms with Crippen LogP contribution in [0.2, 0.25) is 0 Å². The summed E-state index contributed by atoms with van der Waals surface area (Å²) in [5.74, 6) is -0.00464. The lowest BCUT2D eigenvalue weighted by atomic mass is 10.1. The van der Waals surface area contributed by atoms with Crippen molar-refractivity contribution < 1.29 is 23.8 Å². The molecule has 0 spiro atoms. The molecule has 0 radical (unpaired) electrons. The Kier molecular flexibility index (Phi) is 4.93. The molecule has 0 N–H and O–H groups in total. The molecule has 0 aliphatic rings. The van der Waals surface area contributed by atoms with Crippen molar-refractivity contribution in [3.8, 4) is 11.6 Å². The van der Waals surface area contributed by atoms with Gasteiger partial charge in [-0.3, -0.25) is 4.79 Å². The van der Waals surface area contributed by atoms with E-state index >= 15 is 0 Å². The van der Waals surface area contributed by atoms with E-state index in [4.69, 9.17) is 14.2 Å². The van der Waals surface area contributed by atoms with Crippen molar-refractivity contribution in [3.05, 3.63) is 29.8 Å². The number of aromatic nitrogens is 1. The topological polar surface area (TPSA) is 74.7 Å². The molecule has 0 bridgehead atoms. The maximum atomic E-state index is 11.3. The van der Waals surface area contributed by atoms with Crippen LogP contribution in [-0.2, 0) is 14.3 Å². The maximum Gasteiger partial charge on any atom is 0.344 e. The van der Waals surface area contributed by atoms with Crippen LogP contribution in [0, 0.1) is 6.92 Å². The Labute approximate surface area is 128 Å². The zero-order chi connectivity index (χ0) is 16.1. The lowest BCUT2D eigenvalue weighted by Gasteiger charge is -2.09. The van der Waals surface area contributed by atoms with Gasteiger partial charge in [0.15, 0.2) is 6.61 Å². The molecule has 0 saturated heterocycles. The molecule has 0 saturated carbocycles. The lowest BCUT2D eigenvalue weighted by molar-refractivity contribution is -0.145. The number of ether oxygens (including phenoxy) is 3. The van der Waals surface area contributed by atoms with E-state index < -0.39 is 5.97 Å². The molecule has 2 aromatic rings. The maximum absolute atomic E-state index is 11.3. The van der Waals surface area contributed by atoms with Crippen LogP contribution >= 0.6 is 0 Å². The summed E-state index contributed by atoms with van der Waals surface area (Å²) in [5, 5.41) is 0.849. The normalized spacial score (nSPS) is 10.3. The fraction of sp³-hybridized carbons (Fsp3) is 0.312. The third-order valence-corrected chi connectivity index (χ3v) is 2.87. The molecule has 6 nitrogen and oxygen atoms in total. The van der Waals surface area contributed by atoms with Crippen molar-refractivity contribution in [2.24, 2.45) is 0 Å². The van der Waals surface area contributed by atoms with E-state index in [0.29, 0.717) is 23.8 Å². The van der Waals surface area contributed by atoms with Crippen LogP contribution < -0.4 is 9.47 Å². The quantitative estimate of drug-likeness (QED) is 0.624. The number of fused-ring (bicyclic) bond motifs is 1. The van der Waals surface area contributed by atoms with Crippen LogP contribution in [-0.4, -0.2) is 30.1 Å². The first-order valence-corrected chi connectivity index (χ1v) is 6.88. The molecule has 0 amide bonds. The molecule has 0 atom stereocenters. The molecule has 1 heterocycles. The molecule has 22 heavy (non-hydrogen) atoms. The minimum Gasteiger partial charge on any atom is -0.466 e. The van der Waals surface area contributed by atoms with E-state index in [1.807, 2.05) is 6.92 Å². The summed E-state index contributed by atoms with van der Waals surface area (Å²) in [5.41, 5.74) is 1.59. The number of carbonyl (C=O) groups excluding carboxylic acids is 2. The number of pyridine rings is 1. The van der Waals surface area contributed by atoms with Crippen LogP contribution in [0.25, 0.3) is 10.9 Å². The zero-order valence-electron chi connectivity index (χ0n) is 12.7. The van der Waals surface area contributed by atoms with E-state index in [0.717, 1.165) is 10.9 Å². The van der Waals surface area contributed by atoms with Crippen molar-refractivity contribution in [3.63, 3.8) is 0 Å². The van der Waals surface area contributed by atoms with Crippen LogP contribution in [0.15, 0.2) is 24.3 Å². The fourth-order valence-corrected chi connectivity index (χ4v) is 1.98. The summed E-state index contributed by atoms with van der Waals surface area (Å²) in [4.78, 5) is 26.6. The van der Waals surface area contributed by atoms with E-state index in [1.165, 1.54) is 6.92 Å². The number of carbonyl (C=O) groups is 2. The summed E-state index contributed by atoms with van der Waals surface area (Å²) in [6, 6.07) is 6.86. The second kappa shape index (κ2) is 6.89. The summed E-state index contributed by atoms with van der Waals surface area (Å²) < 4.78 is 15.2. The van der Waals surface area contributed by atoms with E-state index in [-0.39, 0.29) is 12.6 Å². The summed E-state index contributed by atoms with van der Waals surface area (Å²) in [7, 11) is 0. The number of benzene rings is 1. The van der Waals surface area contributed by atoms with Crippen molar-refractivity contribution in [1.29, 1.82) is 0 Å². The highest BCUT2D eigenvalue weighted by molar-refractivity contribution is 5.85. The van der Waals surface area contributed by atoms with Gasteiger partial charge in [0.1, 0.15) is 5.75 Å². The number of rotatable bonds is 5. The first-order valence-electron chi connectivity index (χ1n) is 6.88. The van der Waals surface area contributed by atoms with Gasteiger partial charge >= 0.3 is 11.9 Å². The Morgan fingerprint density at radius 1 is 1.23 bits per heavy atom. The van der Waals surface area contributed by atoms with Gasteiger partial charge in [-0.05, 0) is 37.6 Å². The Balaban J connectivity index is 2.22.